The van der Waals surface area contributed by atoms with Crippen LogP contribution in [0.5, 0.6) is 11.5 Å². The van der Waals surface area contributed by atoms with Crippen molar-refractivity contribution in [3.05, 3.63) is 54.4 Å². The Balaban J connectivity index is 2.08. The zero-order valence-corrected chi connectivity index (χ0v) is 12.7. The van der Waals surface area contributed by atoms with Crippen LogP contribution in [0.3, 0.4) is 0 Å². The molecule has 0 saturated heterocycles. The minimum atomic E-state index is 0.0802. The van der Waals surface area contributed by atoms with E-state index in [2.05, 4.69) is 10.2 Å². The van der Waals surface area contributed by atoms with Gasteiger partial charge in [-0.05, 0) is 53.3 Å². The van der Waals surface area contributed by atoms with Crippen LogP contribution in [0, 0.1) is 11.3 Å². The number of tetrazole rings is 1. The minimum Gasteiger partial charge on any atom is -0.497 e. The summed E-state index contributed by atoms with van der Waals surface area (Å²) < 4.78 is 10.3. The third-order valence-electron chi connectivity index (χ3n) is 3.27. The van der Waals surface area contributed by atoms with Crippen molar-refractivity contribution in [1.29, 1.82) is 5.26 Å². The molecule has 0 atom stereocenters. The molecule has 1 aromatic heterocycles. The highest BCUT2D eigenvalue weighted by Gasteiger charge is 2.21. The molecule has 114 valence electrons. The second-order valence-corrected chi connectivity index (χ2v) is 4.61. The van der Waals surface area contributed by atoms with Crippen molar-refractivity contribution in [2.24, 2.45) is 0 Å². The lowest BCUT2D eigenvalue weighted by molar-refractivity contribution is -0.735. The lowest BCUT2D eigenvalue weighted by Crippen LogP contribution is -2.43. The Morgan fingerprint density at radius 3 is 2.04 bits per heavy atom. The summed E-state index contributed by atoms with van der Waals surface area (Å²) in [7, 11) is 3.21. The highest BCUT2D eigenvalue weighted by atomic mass is 16.5. The topological polar surface area (TPSA) is 76.8 Å². The van der Waals surface area contributed by atoms with Crippen LogP contribution in [-0.4, -0.2) is 29.2 Å². The molecule has 0 N–H and O–H groups in total. The summed E-state index contributed by atoms with van der Waals surface area (Å²) >= 11 is 0. The van der Waals surface area contributed by atoms with Crippen LogP contribution in [0.25, 0.3) is 11.4 Å². The predicted molar refractivity (Wildman–Crippen MR) is 80.7 cm³/mol. The number of nitriles is 1. The molecular formula is C16H14N5O2+. The highest BCUT2D eigenvalue weighted by Crippen LogP contribution is 2.14. The van der Waals surface area contributed by atoms with Gasteiger partial charge in [-0.15, -0.1) is 0 Å². The first-order valence-electron chi connectivity index (χ1n) is 6.84. The summed E-state index contributed by atoms with van der Waals surface area (Å²) in [6.07, 6.45) is 0. The summed E-state index contributed by atoms with van der Waals surface area (Å²) in [6.45, 7) is 0. The fourth-order valence-electron chi connectivity index (χ4n) is 2.09. The number of rotatable bonds is 4. The highest BCUT2D eigenvalue weighted by molar-refractivity contribution is 5.36. The molecule has 0 unspecified atom stereocenters. The van der Waals surface area contributed by atoms with Crippen molar-refractivity contribution in [3.63, 3.8) is 0 Å². The first kappa shape index (κ1) is 14.5. The smallest absolute Gasteiger partial charge is 0.409 e. The van der Waals surface area contributed by atoms with Crippen LogP contribution in [0.15, 0.2) is 48.5 Å². The molecule has 0 aliphatic rings. The quantitative estimate of drug-likeness (QED) is 0.682. The van der Waals surface area contributed by atoms with Crippen molar-refractivity contribution in [2.75, 3.05) is 14.2 Å². The molecule has 0 bridgehead atoms. The summed E-state index contributed by atoms with van der Waals surface area (Å²) in [6, 6.07) is 16.6. The minimum absolute atomic E-state index is 0.0802. The molecule has 0 amide bonds. The molecule has 0 aliphatic heterocycles. The van der Waals surface area contributed by atoms with Gasteiger partial charge in [0.05, 0.1) is 19.3 Å². The zero-order chi connectivity index (χ0) is 16.2. The Morgan fingerprint density at radius 2 is 1.52 bits per heavy atom. The zero-order valence-electron chi connectivity index (χ0n) is 12.7. The maximum absolute atomic E-state index is 9.09. The molecule has 0 radical (unpaired) electrons. The Labute approximate surface area is 132 Å². The van der Waals surface area contributed by atoms with E-state index in [4.69, 9.17) is 14.7 Å². The second kappa shape index (κ2) is 6.15. The number of methoxy groups -OCH3 is 2. The van der Waals surface area contributed by atoms with Crippen LogP contribution in [0.1, 0.15) is 5.82 Å². The average Bonchev–Trinajstić information content (AvgIpc) is 3.06. The van der Waals surface area contributed by atoms with Gasteiger partial charge in [0.15, 0.2) is 11.8 Å². The maximum atomic E-state index is 9.09. The first-order valence-corrected chi connectivity index (χ1v) is 6.84. The van der Waals surface area contributed by atoms with Gasteiger partial charge >= 0.3 is 5.82 Å². The molecule has 3 aromatic rings. The van der Waals surface area contributed by atoms with Crippen LogP contribution in [-0.2, 0) is 0 Å². The summed E-state index contributed by atoms with van der Waals surface area (Å²) in [4.78, 5) is 3.11. The fourth-order valence-corrected chi connectivity index (χ4v) is 2.09. The third-order valence-corrected chi connectivity index (χ3v) is 3.27. The molecule has 0 spiro atoms. The lowest BCUT2D eigenvalue weighted by Gasteiger charge is -2.02. The van der Waals surface area contributed by atoms with E-state index in [1.807, 2.05) is 54.6 Å². The number of ether oxygens (including phenoxy) is 2. The SMILES string of the molecule is COc1ccc(-n2nc(C#N)n[n+]2-c2ccc(OC)cc2)cc1. The van der Waals surface area contributed by atoms with Gasteiger partial charge in [-0.3, -0.25) is 0 Å². The number of hydrogen-bond donors (Lipinski definition) is 0. The molecule has 7 heteroatoms. The summed E-state index contributed by atoms with van der Waals surface area (Å²) in [5.41, 5.74) is 1.52. The van der Waals surface area contributed by atoms with Crippen LogP contribution < -0.4 is 14.3 Å². The summed E-state index contributed by atoms with van der Waals surface area (Å²) in [5, 5.41) is 17.5. The van der Waals surface area contributed by atoms with Crippen molar-refractivity contribution in [3.8, 4) is 28.9 Å². The average molecular weight is 308 g/mol. The van der Waals surface area contributed by atoms with E-state index in [1.54, 1.807) is 23.8 Å². The van der Waals surface area contributed by atoms with Gasteiger partial charge in [-0.25, -0.2) is 0 Å². The number of aromatic nitrogens is 4. The summed E-state index contributed by atoms with van der Waals surface area (Å²) in [5.74, 6) is 1.56. The normalized spacial score (nSPS) is 10.1. The monoisotopic (exact) mass is 308 g/mol. The van der Waals surface area contributed by atoms with E-state index >= 15 is 0 Å². The van der Waals surface area contributed by atoms with E-state index in [1.165, 1.54) is 0 Å². The standard InChI is InChI=1S/C16H14N5O2/c1-22-14-7-3-12(4-8-14)20-18-16(11-17)19-21(20)13-5-9-15(23-2)10-6-13/h3-10H,1-2H3/q+1. The van der Waals surface area contributed by atoms with E-state index in [0.29, 0.717) is 0 Å². The maximum Gasteiger partial charge on any atom is 0.409 e. The number of nitrogens with zero attached hydrogens (tertiary/aromatic N) is 5. The fraction of sp³-hybridized carbons (Fsp3) is 0.125. The molecule has 0 saturated carbocycles. The Hall–Kier alpha value is -3.40. The van der Waals surface area contributed by atoms with Gasteiger partial charge < -0.3 is 9.47 Å². The molecule has 0 aliphatic carbocycles. The Kier molecular flexibility index (Phi) is 3.89. The van der Waals surface area contributed by atoms with E-state index < -0.39 is 0 Å². The molecule has 3 rings (SSSR count). The Morgan fingerprint density at radius 1 is 0.957 bits per heavy atom. The van der Waals surface area contributed by atoms with Gasteiger partial charge in [-0.1, -0.05) is 0 Å². The first-order chi connectivity index (χ1) is 11.2. The van der Waals surface area contributed by atoms with Crippen LogP contribution in [0.2, 0.25) is 0 Å². The molecule has 23 heavy (non-hydrogen) atoms. The molecular weight excluding hydrogens is 294 g/mol. The van der Waals surface area contributed by atoms with Crippen molar-refractivity contribution < 1.29 is 14.3 Å². The van der Waals surface area contributed by atoms with Gasteiger partial charge in [0.2, 0.25) is 0 Å². The largest absolute Gasteiger partial charge is 0.497 e. The van der Waals surface area contributed by atoms with Crippen LogP contribution in [0.4, 0.5) is 0 Å². The third kappa shape index (κ3) is 2.82. The van der Waals surface area contributed by atoms with E-state index in [0.717, 1.165) is 22.9 Å². The van der Waals surface area contributed by atoms with Crippen LogP contribution >= 0.6 is 0 Å². The van der Waals surface area contributed by atoms with Gasteiger partial charge in [0.25, 0.3) is 0 Å². The van der Waals surface area contributed by atoms with Crippen molar-refractivity contribution in [1.82, 2.24) is 15.0 Å². The van der Waals surface area contributed by atoms with Crippen molar-refractivity contribution in [2.45, 2.75) is 0 Å². The van der Waals surface area contributed by atoms with Crippen molar-refractivity contribution >= 4 is 0 Å². The second-order valence-electron chi connectivity index (χ2n) is 4.61. The van der Waals surface area contributed by atoms with E-state index in [9.17, 15) is 0 Å². The Bertz CT molecular complexity index is 783. The van der Waals surface area contributed by atoms with Gasteiger partial charge in [-0.2, -0.15) is 5.26 Å². The molecule has 2 aromatic carbocycles. The molecule has 7 nitrogen and oxygen atoms in total. The van der Waals surface area contributed by atoms with Gasteiger partial charge in [0, 0.05) is 9.90 Å². The lowest BCUT2D eigenvalue weighted by atomic mass is 10.3. The predicted octanol–water partition coefficient (Wildman–Crippen LogP) is 1.43. The number of benzene rings is 2. The molecule has 0 fully saturated rings. The van der Waals surface area contributed by atoms with E-state index in [-0.39, 0.29) is 5.82 Å². The van der Waals surface area contributed by atoms with Gasteiger partial charge in [0.1, 0.15) is 17.2 Å². The molecule has 1 heterocycles. The number of hydrogen-bond acceptors (Lipinski definition) is 5.